The second-order valence-electron chi connectivity index (χ2n) is 8.89. The van der Waals surface area contributed by atoms with E-state index in [1.165, 1.54) is 0 Å². The first-order valence-corrected chi connectivity index (χ1v) is 11.4. The van der Waals surface area contributed by atoms with Crippen LogP contribution in [-0.4, -0.2) is 51.9 Å². The van der Waals surface area contributed by atoms with Crippen LogP contribution >= 0.6 is 0 Å². The molecule has 7 nitrogen and oxygen atoms in total. The van der Waals surface area contributed by atoms with Crippen molar-refractivity contribution < 1.29 is 33.3 Å². The molecule has 1 heterocycles. The molecule has 2 aliphatic carbocycles. The maximum atomic E-state index is 12.9. The summed E-state index contributed by atoms with van der Waals surface area (Å²) in [4.78, 5) is 25.2. The third-order valence-corrected chi connectivity index (χ3v) is 6.81. The Morgan fingerprint density at radius 2 is 1.85 bits per heavy atom. The lowest BCUT2D eigenvalue weighted by Crippen LogP contribution is -2.30. The highest BCUT2D eigenvalue weighted by atomic mass is 16.6. The lowest BCUT2D eigenvalue weighted by Gasteiger charge is -2.22. The van der Waals surface area contributed by atoms with Crippen LogP contribution in [0.5, 0.6) is 17.2 Å². The number of carbonyl (C=O) groups is 2. The SMILES string of the molecule is COc1ccc(-c2cccc3c2CCC3=O)c(OCC2(C(=O)O[C@@H]3CCOC3)CC2)c1OC. The van der Waals surface area contributed by atoms with Crippen LogP contribution in [-0.2, 0) is 20.7 Å². The molecule has 3 aliphatic rings. The van der Waals surface area contributed by atoms with Gasteiger partial charge in [-0.1, -0.05) is 18.2 Å². The zero-order chi connectivity index (χ0) is 23.0. The minimum absolute atomic E-state index is 0.158. The lowest BCUT2D eigenvalue weighted by molar-refractivity contribution is -0.157. The first kappa shape index (κ1) is 21.8. The van der Waals surface area contributed by atoms with Gasteiger partial charge in [0, 0.05) is 24.0 Å². The van der Waals surface area contributed by atoms with E-state index in [1.807, 2.05) is 30.3 Å². The number of Topliss-reactive ketones (excluding diaryl/α,β-unsaturated/α-hetero) is 1. The summed E-state index contributed by atoms with van der Waals surface area (Å²) >= 11 is 0. The number of carbonyl (C=O) groups excluding carboxylic acids is 2. The van der Waals surface area contributed by atoms with Crippen LogP contribution in [0.3, 0.4) is 0 Å². The fraction of sp³-hybridized carbons (Fsp3) is 0.462. The van der Waals surface area contributed by atoms with Gasteiger partial charge in [0.05, 0.1) is 27.4 Å². The van der Waals surface area contributed by atoms with Gasteiger partial charge in [-0.2, -0.15) is 0 Å². The topological polar surface area (TPSA) is 80.3 Å². The van der Waals surface area contributed by atoms with Gasteiger partial charge in [-0.3, -0.25) is 9.59 Å². The van der Waals surface area contributed by atoms with Crippen molar-refractivity contribution in [1.29, 1.82) is 0 Å². The van der Waals surface area contributed by atoms with Crippen LogP contribution in [0.15, 0.2) is 30.3 Å². The highest BCUT2D eigenvalue weighted by molar-refractivity contribution is 6.02. The molecule has 2 aromatic rings. The predicted octanol–water partition coefficient (Wildman–Crippen LogP) is 3.99. The molecule has 0 aromatic heterocycles. The van der Waals surface area contributed by atoms with E-state index in [0.29, 0.717) is 43.3 Å². The zero-order valence-electron chi connectivity index (χ0n) is 19.0. The van der Waals surface area contributed by atoms with E-state index in [4.69, 9.17) is 23.7 Å². The Kier molecular flexibility index (Phi) is 5.74. The van der Waals surface area contributed by atoms with Crippen molar-refractivity contribution in [2.24, 2.45) is 5.41 Å². The molecule has 2 fully saturated rings. The van der Waals surface area contributed by atoms with E-state index in [2.05, 4.69) is 0 Å². The minimum atomic E-state index is -0.650. The van der Waals surface area contributed by atoms with Crippen molar-refractivity contribution in [2.45, 2.75) is 38.2 Å². The monoisotopic (exact) mass is 452 g/mol. The molecule has 1 saturated heterocycles. The van der Waals surface area contributed by atoms with Gasteiger partial charge in [0.2, 0.25) is 5.75 Å². The fourth-order valence-corrected chi connectivity index (χ4v) is 4.65. The summed E-state index contributed by atoms with van der Waals surface area (Å²) in [6.45, 7) is 1.26. The Labute approximate surface area is 192 Å². The molecule has 0 amide bonds. The zero-order valence-corrected chi connectivity index (χ0v) is 19.0. The van der Waals surface area contributed by atoms with E-state index in [0.717, 1.165) is 41.5 Å². The van der Waals surface area contributed by atoms with Crippen LogP contribution in [0.2, 0.25) is 0 Å². The first-order chi connectivity index (χ1) is 16.1. The van der Waals surface area contributed by atoms with E-state index >= 15 is 0 Å². The van der Waals surface area contributed by atoms with Crippen LogP contribution in [0.1, 0.15) is 41.6 Å². The number of ketones is 1. The number of ether oxygens (including phenoxy) is 5. The van der Waals surface area contributed by atoms with E-state index < -0.39 is 5.41 Å². The van der Waals surface area contributed by atoms with Crippen LogP contribution in [0.4, 0.5) is 0 Å². The van der Waals surface area contributed by atoms with E-state index in [9.17, 15) is 9.59 Å². The molecule has 0 spiro atoms. The molecule has 174 valence electrons. The third-order valence-electron chi connectivity index (χ3n) is 6.81. The second kappa shape index (κ2) is 8.71. The summed E-state index contributed by atoms with van der Waals surface area (Å²) in [5.74, 6) is 1.44. The molecule has 7 heteroatoms. The van der Waals surface area contributed by atoms with Crippen molar-refractivity contribution in [2.75, 3.05) is 34.0 Å². The molecule has 0 bridgehead atoms. The van der Waals surface area contributed by atoms with E-state index in [1.54, 1.807) is 14.2 Å². The lowest BCUT2D eigenvalue weighted by atomic mass is 9.95. The largest absolute Gasteiger partial charge is 0.493 e. The Bertz CT molecular complexity index is 1080. The van der Waals surface area contributed by atoms with Gasteiger partial charge in [-0.05, 0) is 42.5 Å². The minimum Gasteiger partial charge on any atom is -0.493 e. The standard InChI is InChI=1S/C26H28O7/c1-29-22-9-7-20(17-4-3-5-19-18(17)6-8-21(19)27)23(24(22)30-2)32-15-26(11-12-26)25(28)33-16-10-13-31-14-16/h3-5,7,9,16H,6,8,10-15H2,1-2H3/t16-/m1/s1. The second-order valence-corrected chi connectivity index (χ2v) is 8.89. The van der Waals surface area contributed by atoms with Crippen LogP contribution in [0, 0.1) is 5.41 Å². The normalized spacial score (nSPS) is 20.3. The number of benzene rings is 2. The average Bonchev–Trinajstić information content (AvgIpc) is 3.28. The molecule has 1 saturated carbocycles. The van der Waals surface area contributed by atoms with Crippen molar-refractivity contribution >= 4 is 11.8 Å². The predicted molar refractivity (Wildman–Crippen MR) is 120 cm³/mol. The van der Waals surface area contributed by atoms with Crippen LogP contribution in [0.25, 0.3) is 11.1 Å². The van der Waals surface area contributed by atoms with Crippen LogP contribution < -0.4 is 14.2 Å². The summed E-state index contributed by atoms with van der Waals surface area (Å²) in [7, 11) is 3.14. The summed E-state index contributed by atoms with van der Waals surface area (Å²) in [6.07, 6.45) is 3.19. The number of hydrogen-bond acceptors (Lipinski definition) is 7. The Hall–Kier alpha value is -3.06. The first-order valence-electron chi connectivity index (χ1n) is 11.4. The molecule has 2 aromatic carbocycles. The summed E-state index contributed by atoms with van der Waals surface area (Å²) < 4.78 is 28.5. The Morgan fingerprint density at radius 3 is 2.55 bits per heavy atom. The molecular formula is C26H28O7. The van der Waals surface area contributed by atoms with Crippen molar-refractivity contribution in [1.82, 2.24) is 0 Å². The van der Waals surface area contributed by atoms with Gasteiger partial charge in [-0.15, -0.1) is 0 Å². The molecular weight excluding hydrogens is 424 g/mol. The van der Waals surface area contributed by atoms with Gasteiger partial charge in [0.15, 0.2) is 17.3 Å². The number of esters is 1. The fourth-order valence-electron chi connectivity index (χ4n) is 4.65. The van der Waals surface area contributed by atoms with Gasteiger partial charge >= 0.3 is 5.97 Å². The molecule has 5 rings (SSSR count). The van der Waals surface area contributed by atoms with Gasteiger partial charge in [-0.25, -0.2) is 0 Å². The smallest absolute Gasteiger partial charge is 0.315 e. The van der Waals surface area contributed by atoms with Crippen molar-refractivity contribution in [3.05, 3.63) is 41.5 Å². The third kappa shape index (κ3) is 3.95. The molecule has 1 aliphatic heterocycles. The number of hydrogen-bond donors (Lipinski definition) is 0. The maximum Gasteiger partial charge on any atom is 0.315 e. The highest BCUT2D eigenvalue weighted by Gasteiger charge is 2.53. The highest BCUT2D eigenvalue weighted by Crippen LogP contribution is 2.51. The van der Waals surface area contributed by atoms with E-state index in [-0.39, 0.29) is 24.5 Å². The Balaban J connectivity index is 1.47. The average molecular weight is 453 g/mol. The summed E-state index contributed by atoms with van der Waals surface area (Å²) in [5.41, 5.74) is 2.87. The van der Waals surface area contributed by atoms with Crippen molar-refractivity contribution in [3.63, 3.8) is 0 Å². The van der Waals surface area contributed by atoms with Crippen molar-refractivity contribution in [3.8, 4) is 28.4 Å². The number of fused-ring (bicyclic) bond motifs is 1. The maximum absolute atomic E-state index is 12.9. The Morgan fingerprint density at radius 1 is 1.03 bits per heavy atom. The van der Waals surface area contributed by atoms with Gasteiger partial charge < -0.3 is 23.7 Å². The number of methoxy groups -OCH3 is 2. The van der Waals surface area contributed by atoms with Gasteiger partial charge in [0.25, 0.3) is 0 Å². The molecule has 33 heavy (non-hydrogen) atoms. The number of rotatable bonds is 8. The quantitative estimate of drug-likeness (QED) is 0.560. The summed E-state index contributed by atoms with van der Waals surface area (Å²) in [6, 6.07) is 9.51. The van der Waals surface area contributed by atoms with Gasteiger partial charge in [0.1, 0.15) is 18.1 Å². The molecule has 0 N–H and O–H groups in total. The molecule has 0 unspecified atom stereocenters. The summed E-state index contributed by atoms with van der Waals surface area (Å²) in [5, 5.41) is 0. The molecule has 0 radical (unpaired) electrons. The molecule has 1 atom stereocenters.